The molecule has 0 saturated heterocycles. The molecule has 1 N–H and O–H groups in total. The normalized spacial score (nSPS) is 13.0. The summed E-state index contributed by atoms with van der Waals surface area (Å²) in [5, 5.41) is 3.64. The Morgan fingerprint density at radius 2 is 1.75 bits per heavy atom. The first-order valence-corrected chi connectivity index (χ1v) is 8.87. The Morgan fingerprint density at radius 3 is 2.42 bits per heavy atom. The Labute approximate surface area is 147 Å². The highest BCUT2D eigenvalue weighted by atomic mass is 16.5. The minimum absolute atomic E-state index is 0.132. The van der Waals surface area contributed by atoms with Gasteiger partial charge in [0.1, 0.15) is 0 Å². The Bertz CT molecular complexity index is 601. The van der Waals surface area contributed by atoms with Gasteiger partial charge in [-0.05, 0) is 51.2 Å². The summed E-state index contributed by atoms with van der Waals surface area (Å²) in [6.07, 6.45) is 1.03. The van der Waals surface area contributed by atoms with Crippen LogP contribution in [0, 0.1) is 6.92 Å². The van der Waals surface area contributed by atoms with E-state index in [-0.39, 0.29) is 5.54 Å². The lowest BCUT2D eigenvalue weighted by Crippen LogP contribution is -2.38. The van der Waals surface area contributed by atoms with E-state index >= 15 is 0 Å². The summed E-state index contributed by atoms with van der Waals surface area (Å²) in [4.78, 5) is 0. The topological polar surface area (TPSA) is 21.3 Å². The molecular formula is C22H31NO. The van der Waals surface area contributed by atoms with Crippen molar-refractivity contribution in [2.24, 2.45) is 0 Å². The van der Waals surface area contributed by atoms with Crippen molar-refractivity contribution in [3.05, 3.63) is 71.3 Å². The van der Waals surface area contributed by atoms with Crippen LogP contribution in [-0.4, -0.2) is 18.7 Å². The number of hydrogen-bond acceptors (Lipinski definition) is 2. The van der Waals surface area contributed by atoms with Crippen molar-refractivity contribution in [3.63, 3.8) is 0 Å². The number of rotatable bonds is 8. The molecule has 0 radical (unpaired) electrons. The molecule has 0 saturated carbocycles. The number of aryl methyl sites for hydroxylation is 1. The van der Waals surface area contributed by atoms with Gasteiger partial charge >= 0.3 is 0 Å². The van der Waals surface area contributed by atoms with Crippen LogP contribution in [0.25, 0.3) is 0 Å². The first kappa shape index (κ1) is 18.7. The van der Waals surface area contributed by atoms with Crippen LogP contribution in [-0.2, 0) is 11.3 Å². The van der Waals surface area contributed by atoms with Crippen LogP contribution in [0.2, 0.25) is 0 Å². The van der Waals surface area contributed by atoms with Gasteiger partial charge in [0, 0.05) is 18.7 Å². The van der Waals surface area contributed by atoms with Crippen LogP contribution in [0.3, 0.4) is 0 Å². The number of nitrogens with one attached hydrogen (secondary N) is 1. The molecule has 0 aliphatic rings. The summed E-state index contributed by atoms with van der Waals surface area (Å²) in [6, 6.07) is 19.2. The van der Waals surface area contributed by atoms with E-state index < -0.39 is 0 Å². The molecule has 2 rings (SSSR count). The van der Waals surface area contributed by atoms with E-state index in [1.807, 2.05) is 6.07 Å². The summed E-state index contributed by atoms with van der Waals surface area (Å²) < 4.78 is 5.91. The van der Waals surface area contributed by atoms with Crippen LogP contribution in [0.15, 0.2) is 54.6 Å². The van der Waals surface area contributed by atoms with E-state index in [9.17, 15) is 0 Å². The lowest BCUT2D eigenvalue weighted by atomic mass is 9.93. The highest BCUT2D eigenvalue weighted by Crippen LogP contribution is 2.21. The number of ether oxygens (including phenoxy) is 1. The van der Waals surface area contributed by atoms with E-state index in [1.165, 1.54) is 16.7 Å². The van der Waals surface area contributed by atoms with Crippen molar-refractivity contribution in [3.8, 4) is 0 Å². The van der Waals surface area contributed by atoms with E-state index in [0.29, 0.717) is 12.5 Å². The van der Waals surface area contributed by atoms with E-state index in [2.05, 4.69) is 81.5 Å². The highest BCUT2D eigenvalue weighted by Gasteiger charge is 2.16. The third-order valence-corrected chi connectivity index (χ3v) is 4.11. The van der Waals surface area contributed by atoms with Gasteiger partial charge in [0.05, 0.1) is 6.61 Å². The minimum atomic E-state index is 0.132. The van der Waals surface area contributed by atoms with Gasteiger partial charge in [-0.15, -0.1) is 0 Å². The Kier molecular flexibility index (Phi) is 7.01. The van der Waals surface area contributed by atoms with Gasteiger partial charge in [-0.2, -0.15) is 0 Å². The zero-order valence-corrected chi connectivity index (χ0v) is 15.5. The summed E-state index contributed by atoms with van der Waals surface area (Å²) in [5.74, 6) is 0.472. The predicted molar refractivity (Wildman–Crippen MR) is 102 cm³/mol. The van der Waals surface area contributed by atoms with Crippen LogP contribution < -0.4 is 5.32 Å². The average Bonchev–Trinajstić information content (AvgIpc) is 2.54. The van der Waals surface area contributed by atoms with Crippen LogP contribution in [0.1, 0.15) is 49.8 Å². The summed E-state index contributed by atoms with van der Waals surface area (Å²) in [6.45, 7) is 11.2. The van der Waals surface area contributed by atoms with E-state index in [1.54, 1.807) is 0 Å². The quantitative estimate of drug-likeness (QED) is 0.684. The fourth-order valence-electron chi connectivity index (χ4n) is 2.73. The summed E-state index contributed by atoms with van der Waals surface area (Å²) in [7, 11) is 0. The molecule has 0 fully saturated rings. The zero-order valence-electron chi connectivity index (χ0n) is 15.5. The zero-order chi connectivity index (χ0) is 17.4. The fraction of sp³-hybridized carbons (Fsp3) is 0.455. The standard InChI is InChI=1S/C22H31NO/c1-18-9-8-12-20(15-18)21(16-23-22(2,3)4)13-14-24-17-19-10-6-5-7-11-19/h5-12,15,21,23H,13-14,16-17H2,1-4H3. The maximum absolute atomic E-state index is 5.91. The third kappa shape index (κ3) is 6.86. The molecular weight excluding hydrogens is 294 g/mol. The molecule has 130 valence electrons. The Hall–Kier alpha value is -1.64. The average molecular weight is 325 g/mol. The molecule has 0 spiro atoms. The SMILES string of the molecule is Cc1cccc(C(CCOCc2ccccc2)CNC(C)(C)C)c1. The van der Waals surface area contributed by atoms with E-state index in [0.717, 1.165) is 19.6 Å². The molecule has 1 unspecified atom stereocenters. The molecule has 2 aromatic carbocycles. The second-order valence-electron chi connectivity index (χ2n) is 7.57. The van der Waals surface area contributed by atoms with Gasteiger partial charge in [-0.25, -0.2) is 0 Å². The minimum Gasteiger partial charge on any atom is -0.377 e. The Morgan fingerprint density at radius 1 is 1.00 bits per heavy atom. The molecule has 0 amide bonds. The van der Waals surface area contributed by atoms with Crippen molar-refractivity contribution in [2.75, 3.05) is 13.2 Å². The van der Waals surface area contributed by atoms with Crippen molar-refractivity contribution >= 4 is 0 Å². The molecule has 0 aliphatic carbocycles. The largest absolute Gasteiger partial charge is 0.377 e. The van der Waals surface area contributed by atoms with Crippen LogP contribution >= 0.6 is 0 Å². The summed E-state index contributed by atoms with van der Waals surface area (Å²) in [5.41, 5.74) is 4.08. The van der Waals surface area contributed by atoms with Gasteiger partial charge in [0.2, 0.25) is 0 Å². The molecule has 2 aromatic rings. The number of hydrogen-bond donors (Lipinski definition) is 1. The molecule has 2 nitrogen and oxygen atoms in total. The monoisotopic (exact) mass is 325 g/mol. The van der Waals surface area contributed by atoms with Crippen molar-refractivity contribution in [1.82, 2.24) is 5.32 Å². The van der Waals surface area contributed by atoms with Gasteiger partial charge in [-0.3, -0.25) is 0 Å². The lowest BCUT2D eigenvalue weighted by molar-refractivity contribution is 0.113. The first-order valence-electron chi connectivity index (χ1n) is 8.87. The third-order valence-electron chi connectivity index (χ3n) is 4.11. The van der Waals surface area contributed by atoms with Crippen molar-refractivity contribution in [2.45, 2.75) is 52.2 Å². The van der Waals surface area contributed by atoms with E-state index in [4.69, 9.17) is 4.74 Å². The molecule has 0 aliphatic heterocycles. The van der Waals surface area contributed by atoms with Gasteiger partial charge in [0.25, 0.3) is 0 Å². The number of benzene rings is 2. The smallest absolute Gasteiger partial charge is 0.0716 e. The van der Waals surface area contributed by atoms with Gasteiger partial charge < -0.3 is 10.1 Å². The van der Waals surface area contributed by atoms with Crippen LogP contribution in [0.5, 0.6) is 0 Å². The molecule has 0 aromatic heterocycles. The lowest BCUT2D eigenvalue weighted by Gasteiger charge is -2.26. The highest BCUT2D eigenvalue weighted by molar-refractivity contribution is 5.26. The molecule has 0 heterocycles. The fourth-order valence-corrected chi connectivity index (χ4v) is 2.73. The molecule has 24 heavy (non-hydrogen) atoms. The van der Waals surface area contributed by atoms with Crippen LogP contribution in [0.4, 0.5) is 0 Å². The molecule has 2 heteroatoms. The Balaban J connectivity index is 1.90. The van der Waals surface area contributed by atoms with Crippen molar-refractivity contribution < 1.29 is 4.74 Å². The van der Waals surface area contributed by atoms with Crippen molar-refractivity contribution in [1.29, 1.82) is 0 Å². The summed E-state index contributed by atoms with van der Waals surface area (Å²) >= 11 is 0. The second kappa shape index (κ2) is 9.00. The molecule has 0 bridgehead atoms. The predicted octanol–water partition coefficient (Wildman–Crippen LogP) is 5.07. The van der Waals surface area contributed by atoms with Gasteiger partial charge in [-0.1, -0.05) is 60.2 Å². The maximum Gasteiger partial charge on any atom is 0.0716 e. The maximum atomic E-state index is 5.91. The second-order valence-corrected chi connectivity index (χ2v) is 7.57. The molecule has 1 atom stereocenters. The first-order chi connectivity index (χ1) is 11.4. The van der Waals surface area contributed by atoms with Gasteiger partial charge in [0.15, 0.2) is 0 Å².